The van der Waals surface area contributed by atoms with E-state index in [4.69, 9.17) is 21.0 Å². The second kappa shape index (κ2) is 6.22. The molecular weight excluding hydrogens is 232 g/mol. The van der Waals surface area contributed by atoms with Gasteiger partial charge < -0.3 is 14.6 Å². The highest BCUT2D eigenvalue weighted by Gasteiger charge is 2.17. The quantitative estimate of drug-likeness (QED) is 0.820. The van der Waals surface area contributed by atoms with Crippen molar-refractivity contribution in [2.45, 2.75) is 6.92 Å². The van der Waals surface area contributed by atoms with Gasteiger partial charge in [0.05, 0.1) is 18.2 Å². The predicted molar refractivity (Wildman–Crippen MR) is 66.8 cm³/mol. The Morgan fingerprint density at radius 1 is 1.50 bits per heavy atom. The molecule has 0 bridgehead atoms. The molecule has 1 rings (SSSR count). The summed E-state index contributed by atoms with van der Waals surface area (Å²) in [4.78, 5) is 11.1. The van der Waals surface area contributed by atoms with Gasteiger partial charge in [0.2, 0.25) is 0 Å². The van der Waals surface area contributed by atoms with E-state index in [1.54, 1.807) is 6.92 Å². The molecule has 1 aromatic carbocycles. The summed E-state index contributed by atoms with van der Waals surface area (Å²) < 4.78 is 10.4. The second-order valence-electron chi connectivity index (χ2n) is 3.19. The molecule has 18 heavy (non-hydrogen) atoms. The number of carboxylic acid groups (broad SMARTS) is 1. The lowest BCUT2D eigenvalue weighted by Gasteiger charge is -2.12. The topological polar surface area (TPSA) is 55.8 Å². The lowest BCUT2D eigenvalue weighted by Crippen LogP contribution is -2.05. The van der Waals surface area contributed by atoms with Gasteiger partial charge in [0.25, 0.3) is 0 Å². The van der Waals surface area contributed by atoms with Crippen molar-refractivity contribution < 1.29 is 19.4 Å². The van der Waals surface area contributed by atoms with Crippen molar-refractivity contribution in [1.82, 2.24) is 0 Å². The number of ether oxygens (including phenoxy) is 2. The number of aromatic carboxylic acids is 1. The Hall–Kier alpha value is -2.59. The van der Waals surface area contributed by atoms with Crippen LogP contribution in [0.5, 0.6) is 11.5 Å². The molecule has 0 atom stereocenters. The minimum absolute atomic E-state index is 0.0641. The van der Waals surface area contributed by atoms with E-state index in [0.717, 1.165) is 0 Å². The van der Waals surface area contributed by atoms with Gasteiger partial charge >= 0.3 is 5.97 Å². The van der Waals surface area contributed by atoms with Crippen LogP contribution in [0.15, 0.2) is 12.1 Å². The Bertz CT molecular complexity index is 556. The zero-order valence-corrected chi connectivity index (χ0v) is 10.1. The number of carbonyl (C=O) groups is 1. The molecule has 0 heterocycles. The van der Waals surface area contributed by atoms with Crippen molar-refractivity contribution in [3.8, 4) is 35.7 Å². The maximum absolute atomic E-state index is 11.1. The monoisotopic (exact) mass is 244 g/mol. The Kier molecular flexibility index (Phi) is 4.66. The van der Waals surface area contributed by atoms with Crippen LogP contribution in [-0.4, -0.2) is 24.8 Å². The largest absolute Gasteiger partial charge is 0.492 e. The van der Waals surface area contributed by atoms with E-state index in [2.05, 4.69) is 17.8 Å². The minimum Gasteiger partial charge on any atom is -0.492 e. The molecule has 92 valence electrons. The zero-order chi connectivity index (χ0) is 13.5. The lowest BCUT2D eigenvalue weighted by molar-refractivity contribution is 0.0696. The summed E-state index contributed by atoms with van der Waals surface area (Å²) >= 11 is 0. The summed E-state index contributed by atoms with van der Waals surface area (Å²) in [5, 5.41) is 9.08. The van der Waals surface area contributed by atoms with Crippen LogP contribution in [0, 0.1) is 24.2 Å². The smallest absolute Gasteiger partial charge is 0.337 e. The molecule has 0 aliphatic rings. The summed E-state index contributed by atoms with van der Waals surface area (Å²) in [5.41, 5.74) is 0.344. The van der Waals surface area contributed by atoms with E-state index in [9.17, 15) is 4.79 Å². The number of methoxy groups -OCH3 is 1. The molecule has 0 unspecified atom stereocenters. The van der Waals surface area contributed by atoms with Crippen LogP contribution in [0.2, 0.25) is 0 Å². The van der Waals surface area contributed by atoms with Gasteiger partial charge in [-0.25, -0.2) is 4.79 Å². The van der Waals surface area contributed by atoms with Crippen molar-refractivity contribution in [3.05, 3.63) is 23.3 Å². The van der Waals surface area contributed by atoms with Crippen molar-refractivity contribution >= 4 is 5.97 Å². The first-order valence-electron chi connectivity index (χ1n) is 5.09. The molecule has 0 aliphatic heterocycles. The molecule has 0 fully saturated rings. The van der Waals surface area contributed by atoms with Gasteiger partial charge in [0.15, 0.2) is 11.5 Å². The third-order valence-electron chi connectivity index (χ3n) is 2.12. The third kappa shape index (κ3) is 2.75. The molecule has 0 spiro atoms. The molecule has 4 nitrogen and oxygen atoms in total. The highest BCUT2D eigenvalue weighted by molar-refractivity contribution is 5.92. The summed E-state index contributed by atoms with van der Waals surface area (Å²) in [6.07, 6.45) is 5.10. The summed E-state index contributed by atoms with van der Waals surface area (Å²) in [7, 11) is 1.42. The first-order valence-corrected chi connectivity index (χ1v) is 5.09. The van der Waals surface area contributed by atoms with E-state index in [0.29, 0.717) is 5.75 Å². The highest BCUT2D eigenvalue weighted by Crippen LogP contribution is 2.33. The molecule has 0 saturated heterocycles. The number of terminal acetylenes is 1. The molecule has 0 saturated carbocycles. The minimum atomic E-state index is -1.07. The highest BCUT2D eigenvalue weighted by atomic mass is 16.5. The van der Waals surface area contributed by atoms with Gasteiger partial charge in [-0.15, -0.1) is 12.3 Å². The number of hydrogen-bond acceptors (Lipinski definition) is 3. The van der Waals surface area contributed by atoms with Crippen LogP contribution in [0.3, 0.4) is 0 Å². The van der Waals surface area contributed by atoms with Gasteiger partial charge in [-0.1, -0.05) is 11.8 Å². The van der Waals surface area contributed by atoms with Crippen LogP contribution in [0.1, 0.15) is 22.8 Å². The van der Waals surface area contributed by atoms with Crippen molar-refractivity contribution in [1.29, 1.82) is 0 Å². The zero-order valence-electron chi connectivity index (χ0n) is 10.1. The van der Waals surface area contributed by atoms with E-state index < -0.39 is 5.97 Å². The Morgan fingerprint density at radius 3 is 2.72 bits per heavy atom. The molecule has 0 aliphatic carbocycles. The fraction of sp³-hybridized carbons (Fsp3) is 0.214. The van der Waals surface area contributed by atoms with Gasteiger partial charge in [-0.3, -0.25) is 0 Å². The maximum Gasteiger partial charge on any atom is 0.337 e. The Morgan fingerprint density at radius 2 is 2.22 bits per heavy atom. The van der Waals surface area contributed by atoms with Crippen LogP contribution >= 0.6 is 0 Å². The predicted octanol–water partition coefficient (Wildman–Crippen LogP) is 1.78. The van der Waals surface area contributed by atoms with Gasteiger partial charge in [0.1, 0.15) is 6.61 Å². The molecule has 0 radical (unpaired) electrons. The van der Waals surface area contributed by atoms with Gasteiger partial charge in [-0.2, -0.15) is 0 Å². The average Bonchev–Trinajstić information content (AvgIpc) is 2.36. The van der Waals surface area contributed by atoms with Crippen LogP contribution in [-0.2, 0) is 0 Å². The molecule has 0 amide bonds. The van der Waals surface area contributed by atoms with Crippen LogP contribution in [0.4, 0.5) is 0 Å². The van der Waals surface area contributed by atoms with Crippen molar-refractivity contribution in [2.24, 2.45) is 0 Å². The number of hydrogen-bond donors (Lipinski definition) is 1. The SMILES string of the molecule is C#CCOc1ccc(C(=O)O)c(C#CC)c1OC. The van der Waals surface area contributed by atoms with E-state index in [1.165, 1.54) is 19.2 Å². The van der Waals surface area contributed by atoms with Crippen molar-refractivity contribution in [3.63, 3.8) is 0 Å². The summed E-state index contributed by atoms with van der Waals surface area (Å²) in [6.45, 7) is 1.68. The first kappa shape index (κ1) is 13.5. The second-order valence-corrected chi connectivity index (χ2v) is 3.19. The Balaban J connectivity index is 3.41. The molecular formula is C14H12O4. The van der Waals surface area contributed by atoms with E-state index in [1.807, 2.05) is 0 Å². The van der Waals surface area contributed by atoms with E-state index >= 15 is 0 Å². The molecule has 1 N–H and O–H groups in total. The third-order valence-corrected chi connectivity index (χ3v) is 2.12. The standard InChI is InChI=1S/C14H12O4/c1-4-6-10-11(14(15)16)7-8-12(13(10)17-3)18-9-5-2/h2,7-8H,9H2,1,3H3,(H,15,16). The summed E-state index contributed by atoms with van der Waals surface area (Å²) in [6, 6.07) is 2.91. The molecule has 0 aromatic heterocycles. The van der Waals surface area contributed by atoms with E-state index in [-0.39, 0.29) is 23.5 Å². The number of rotatable bonds is 4. The number of carboxylic acids is 1. The normalized spacial score (nSPS) is 8.72. The van der Waals surface area contributed by atoms with Crippen LogP contribution < -0.4 is 9.47 Å². The van der Waals surface area contributed by atoms with Crippen LogP contribution in [0.25, 0.3) is 0 Å². The van der Waals surface area contributed by atoms with Gasteiger partial charge in [-0.05, 0) is 19.1 Å². The number of benzene rings is 1. The molecule has 1 aromatic rings. The molecule has 4 heteroatoms. The fourth-order valence-electron chi connectivity index (χ4n) is 1.43. The maximum atomic E-state index is 11.1. The summed E-state index contributed by atoms with van der Waals surface area (Å²) in [5.74, 6) is 7.26. The fourth-order valence-corrected chi connectivity index (χ4v) is 1.43. The lowest BCUT2D eigenvalue weighted by atomic mass is 10.1. The first-order chi connectivity index (χ1) is 8.65. The van der Waals surface area contributed by atoms with Crippen molar-refractivity contribution in [2.75, 3.05) is 13.7 Å². The Labute approximate surface area is 106 Å². The average molecular weight is 244 g/mol. The van der Waals surface area contributed by atoms with Gasteiger partial charge in [0, 0.05) is 0 Å².